The van der Waals surface area contributed by atoms with Gasteiger partial charge in [0.15, 0.2) is 5.96 Å². The lowest BCUT2D eigenvalue weighted by Gasteiger charge is -2.16. The van der Waals surface area contributed by atoms with E-state index in [1.165, 1.54) is 0 Å². The molecule has 0 saturated carbocycles. The number of hydrogen-bond donors (Lipinski definition) is 2. The van der Waals surface area contributed by atoms with Gasteiger partial charge in [-0.15, -0.1) is 0 Å². The summed E-state index contributed by atoms with van der Waals surface area (Å²) in [7, 11) is 0. The number of aliphatic imine (C=N–C) groups is 1. The Hall–Kier alpha value is -1.75. The van der Waals surface area contributed by atoms with Crippen molar-refractivity contribution in [2.45, 2.75) is 25.8 Å². The maximum Gasteiger partial charge on any atom is 0.232 e. The fourth-order valence-corrected chi connectivity index (χ4v) is 2.20. The molecular weight excluding hydrogens is 288 g/mol. The van der Waals surface area contributed by atoms with Crippen LogP contribution in [0.1, 0.15) is 19.8 Å². The third-order valence-corrected chi connectivity index (χ3v) is 3.31. The summed E-state index contributed by atoms with van der Waals surface area (Å²) in [5.74, 6) is 1.27. The zero-order valence-corrected chi connectivity index (χ0v) is 12.9. The Kier molecular flexibility index (Phi) is 6.34. The molecule has 0 atom stereocenters. The van der Waals surface area contributed by atoms with Crippen LogP contribution in [0.5, 0.6) is 5.88 Å². The fraction of sp³-hybridized carbons (Fsp3) is 0.467. The number of aromatic nitrogens is 1. The number of ether oxygens (including phenoxy) is 1. The Bertz CT molecular complexity index is 496. The number of halogens is 1. The topological polar surface area (TPSA) is 58.5 Å². The van der Waals surface area contributed by atoms with Gasteiger partial charge in [0.05, 0.1) is 6.54 Å². The second-order valence-corrected chi connectivity index (χ2v) is 5.09. The molecule has 2 rings (SSSR count). The molecule has 0 radical (unpaired) electrons. The van der Waals surface area contributed by atoms with Crippen molar-refractivity contribution >= 4 is 17.6 Å². The van der Waals surface area contributed by atoms with E-state index in [1.807, 2.05) is 6.92 Å². The van der Waals surface area contributed by atoms with Gasteiger partial charge in [0.2, 0.25) is 5.88 Å². The Labute approximate surface area is 130 Å². The monoisotopic (exact) mass is 308 g/mol. The number of nitrogens with one attached hydrogen (secondary N) is 2. The number of rotatable bonds is 6. The summed E-state index contributed by atoms with van der Waals surface area (Å²) < 4.78 is 5.52. The zero-order valence-electron chi connectivity index (χ0n) is 12.2. The Morgan fingerprint density at radius 3 is 3.00 bits per heavy atom. The van der Waals surface area contributed by atoms with Crippen LogP contribution in [0.4, 0.5) is 0 Å². The van der Waals surface area contributed by atoms with Crippen LogP contribution in [0.25, 0.3) is 0 Å². The minimum Gasteiger partial charge on any atom is -0.475 e. The van der Waals surface area contributed by atoms with Crippen molar-refractivity contribution in [2.24, 2.45) is 4.99 Å². The van der Waals surface area contributed by atoms with E-state index in [0.29, 0.717) is 30.1 Å². The predicted molar refractivity (Wildman–Crippen MR) is 86.0 cm³/mol. The molecule has 6 heteroatoms. The van der Waals surface area contributed by atoms with Crippen molar-refractivity contribution in [3.05, 3.63) is 35.5 Å². The van der Waals surface area contributed by atoms with E-state index in [1.54, 1.807) is 18.3 Å². The summed E-state index contributed by atoms with van der Waals surface area (Å²) >= 11 is 5.97. The van der Waals surface area contributed by atoms with Gasteiger partial charge in [0, 0.05) is 18.8 Å². The van der Waals surface area contributed by atoms with Crippen molar-refractivity contribution < 1.29 is 4.74 Å². The van der Waals surface area contributed by atoms with Crippen molar-refractivity contribution in [2.75, 3.05) is 19.7 Å². The van der Waals surface area contributed by atoms with Crippen LogP contribution < -0.4 is 15.4 Å². The van der Waals surface area contributed by atoms with E-state index < -0.39 is 0 Å². The molecule has 0 amide bonds. The van der Waals surface area contributed by atoms with E-state index >= 15 is 0 Å². The smallest absolute Gasteiger partial charge is 0.232 e. The first-order valence-corrected chi connectivity index (χ1v) is 7.60. The molecule has 0 aliphatic heterocycles. The van der Waals surface area contributed by atoms with Gasteiger partial charge in [-0.2, -0.15) is 0 Å². The molecule has 21 heavy (non-hydrogen) atoms. The van der Waals surface area contributed by atoms with Gasteiger partial charge in [0.1, 0.15) is 11.6 Å². The van der Waals surface area contributed by atoms with Crippen LogP contribution in [0, 0.1) is 0 Å². The van der Waals surface area contributed by atoms with Crippen LogP contribution in [-0.2, 0) is 0 Å². The largest absolute Gasteiger partial charge is 0.475 e. The molecule has 0 unspecified atom stereocenters. The lowest BCUT2D eigenvalue weighted by Crippen LogP contribution is -2.42. The highest BCUT2D eigenvalue weighted by Crippen LogP contribution is 2.19. The molecule has 1 aliphatic carbocycles. The van der Waals surface area contributed by atoms with Crippen molar-refractivity contribution in [1.29, 1.82) is 0 Å². The molecule has 1 aromatic rings. The number of pyridine rings is 1. The summed E-state index contributed by atoms with van der Waals surface area (Å²) in [5.41, 5.74) is 0. The van der Waals surface area contributed by atoms with Crippen molar-refractivity contribution in [3.63, 3.8) is 0 Å². The normalized spacial score (nSPS) is 15.2. The lowest BCUT2D eigenvalue weighted by molar-refractivity contribution is 0.316. The maximum absolute atomic E-state index is 5.97. The van der Waals surface area contributed by atoms with Crippen molar-refractivity contribution in [3.8, 4) is 5.88 Å². The molecule has 1 aliphatic rings. The van der Waals surface area contributed by atoms with Crippen LogP contribution in [0.2, 0.25) is 5.02 Å². The van der Waals surface area contributed by atoms with E-state index in [0.717, 1.165) is 25.3 Å². The summed E-state index contributed by atoms with van der Waals surface area (Å²) in [5, 5.41) is 7.16. The molecule has 0 aromatic carbocycles. The quantitative estimate of drug-likeness (QED) is 0.367. The highest BCUT2D eigenvalue weighted by molar-refractivity contribution is 6.31. The van der Waals surface area contributed by atoms with E-state index in [-0.39, 0.29) is 0 Å². The zero-order chi connectivity index (χ0) is 14.9. The van der Waals surface area contributed by atoms with Gasteiger partial charge in [-0.05, 0) is 31.9 Å². The minimum atomic E-state index is 0.439. The van der Waals surface area contributed by atoms with Gasteiger partial charge in [-0.25, -0.2) is 9.98 Å². The predicted octanol–water partition coefficient (Wildman–Crippen LogP) is 2.39. The molecule has 0 bridgehead atoms. The Morgan fingerprint density at radius 2 is 2.29 bits per heavy atom. The fourth-order valence-electron chi connectivity index (χ4n) is 2.03. The van der Waals surface area contributed by atoms with Crippen LogP contribution >= 0.6 is 11.6 Å². The average Bonchev–Trinajstić information content (AvgIpc) is 2.98. The molecular formula is C15H21ClN4O. The summed E-state index contributed by atoms with van der Waals surface area (Å²) in [6.45, 7) is 3.87. The van der Waals surface area contributed by atoms with Gasteiger partial charge in [-0.3, -0.25) is 0 Å². The van der Waals surface area contributed by atoms with Crippen LogP contribution in [0.3, 0.4) is 0 Å². The summed E-state index contributed by atoms with van der Waals surface area (Å²) in [4.78, 5) is 8.56. The van der Waals surface area contributed by atoms with Gasteiger partial charge in [-0.1, -0.05) is 23.8 Å². The molecule has 0 spiro atoms. The molecule has 1 aromatic heterocycles. The average molecular weight is 309 g/mol. The van der Waals surface area contributed by atoms with E-state index in [4.69, 9.17) is 16.3 Å². The Morgan fingerprint density at radius 1 is 1.48 bits per heavy atom. The second kappa shape index (κ2) is 8.52. The maximum atomic E-state index is 5.97. The standard InChI is InChI=1S/C15H21ClN4O/c1-2-17-15(20-12-6-3-4-7-12)19-10-11-21-14-13(16)8-5-9-18-14/h3-5,8-9,12H,2,6-7,10-11H2,1H3,(H2,17,19,20). The minimum absolute atomic E-state index is 0.439. The lowest BCUT2D eigenvalue weighted by atomic mass is 10.2. The number of nitrogens with zero attached hydrogens (tertiary/aromatic N) is 2. The Balaban J connectivity index is 1.78. The first-order chi connectivity index (χ1) is 10.3. The number of guanidine groups is 1. The summed E-state index contributed by atoms with van der Waals surface area (Å²) in [6.07, 6.45) is 8.12. The number of hydrogen-bond acceptors (Lipinski definition) is 3. The molecule has 2 N–H and O–H groups in total. The van der Waals surface area contributed by atoms with Crippen LogP contribution in [-0.4, -0.2) is 36.7 Å². The highest BCUT2D eigenvalue weighted by Gasteiger charge is 2.11. The van der Waals surface area contributed by atoms with Crippen LogP contribution in [0.15, 0.2) is 35.5 Å². The van der Waals surface area contributed by atoms with Gasteiger partial charge >= 0.3 is 0 Å². The molecule has 5 nitrogen and oxygen atoms in total. The molecule has 0 fully saturated rings. The first-order valence-electron chi connectivity index (χ1n) is 7.22. The SMILES string of the molecule is CCNC(=NCCOc1ncccc1Cl)NC1CC=CC1. The summed E-state index contributed by atoms with van der Waals surface area (Å²) in [6, 6.07) is 3.97. The van der Waals surface area contributed by atoms with E-state index in [9.17, 15) is 0 Å². The molecule has 1 heterocycles. The highest BCUT2D eigenvalue weighted by atomic mass is 35.5. The van der Waals surface area contributed by atoms with Gasteiger partial charge in [0.25, 0.3) is 0 Å². The third-order valence-electron chi connectivity index (χ3n) is 3.02. The third kappa shape index (κ3) is 5.27. The first kappa shape index (κ1) is 15.6. The van der Waals surface area contributed by atoms with Crippen molar-refractivity contribution in [1.82, 2.24) is 15.6 Å². The van der Waals surface area contributed by atoms with E-state index in [2.05, 4.69) is 32.8 Å². The van der Waals surface area contributed by atoms with Gasteiger partial charge < -0.3 is 15.4 Å². The molecule has 114 valence electrons. The second-order valence-electron chi connectivity index (χ2n) is 4.68. The molecule has 0 saturated heterocycles.